The Labute approximate surface area is 95.3 Å². The summed E-state index contributed by atoms with van der Waals surface area (Å²) in [7, 11) is 0. The molecule has 0 amide bonds. The van der Waals surface area contributed by atoms with E-state index in [1.54, 1.807) is 0 Å². The second kappa shape index (κ2) is 2.79. The van der Waals surface area contributed by atoms with Crippen LogP contribution in [0.4, 0.5) is 0 Å². The number of hydrogen-bond acceptors (Lipinski definition) is 4. The molecule has 90 valence electrons. The SMILES string of the molecule is CC(=O)OC12C(=O)OC(C)(C)CC1C2(C)C. The molecule has 0 aromatic carbocycles. The number of esters is 2. The van der Waals surface area contributed by atoms with Crippen molar-refractivity contribution >= 4 is 11.9 Å². The zero-order valence-electron chi connectivity index (χ0n) is 10.4. The van der Waals surface area contributed by atoms with Gasteiger partial charge in [0.2, 0.25) is 5.60 Å². The molecule has 2 aliphatic rings. The monoisotopic (exact) mass is 226 g/mol. The highest BCUT2D eigenvalue weighted by atomic mass is 16.6. The van der Waals surface area contributed by atoms with E-state index in [1.807, 2.05) is 27.7 Å². The molecular weight excluding hydrogens is 208 g/mol. The summed E-state index contributed by atoms with van der Waals surface area (Å²) in [5.41, 5.74) is -1.81. The zero-order valence-corrected chi connectivity index (χ0v) is 10.4. The average Bonchev–Trinajstić information content (AvgIpc) is 2.48. The van der Waals surface area contributed by atoms with Gasteiger partial charge in [-0.1, -0.05) is 13.8 Å². The fraction of sp³-hybridized carbons (Fsp3) is 0.833. The summed E-state index contributed by atoms with van der Waals surface area (Å²) in [5, 5.41) is 0. The second-order valence-corrected chi connectivity index (χ2v) is 5.96. The third kappa shape index (κ3) is 1.22. The van der Waals surface area contributed by atoms with Crippen LogP contribution < -0.4 is 0 Å². The topological polar surface area (TPSA) is 52.6 Å². The molecule has 1 saturated carbocycles. The quantitative estimate of drug-likeness (QED) is 0.638. The lowest BCUT2D eigenvalue weighted by Gasteiger charge is -2.32. The molecule has 2 atom stereocenters. The van der Waals surface area contributed by atoms with E-state index in [2.05, 4.69) is 0 Å². The van der Waals surface area contributed by atoms with Gasteiger partial charge in [-0.2, -0.15) is 0 Å². The van der Waals surface area contributed by atoms with Crippen LogP contribution in [0.25, 0.3) is 0 Å². The summed E-state index contributed by atoms with van der Waals surface area (Å²) in [4.78, 5) is 23.1. The van der Waals surface area contributed by atoms with Gasteiger partial charge in [-0.3, -0.25) is 4.79 Å². The van der Waals surface area contributed by atoms with Gasteiger partial charge in [-0.15, -0.1) is 0 Å². The summed E-state index contributed by atoms with van der Waals surface area (Å²) in [5.74, 6) is -0.749. The Balaban J connectivity index is 2.33. The molecule has 2 rings (SSSR count). The highest BCUT2D eigenvalue weighted by molar-refractivity contribution is 5.90. The maximum Gasteiger partial charge on any atom is 0.352 e. The van der Waals surface area contributed by atoms with E-state index in [4.69, 9.17) is 9.47 Å². The summed E-state index contributed by atoms with van der Waals surface area (Å²) < 4.78 is 10.6. The van der Waals surface area contributed by atoms with Crippen molar-refractivity contribution in [2.24, 2.45) is 11.3 Å². The highest BCUT2D eigenvalue weighted by Crippen LogP contribution is 2.69. The summed E-state index contributed by atoms with van der Waals surface area (Å²) in [6, 6.07) is 0. The molecule has 1 saturated heterocycles. The lowest BCUT2D eigenvalue weighted by atomic mass is 9.95. The van der Waals surface area contributed by atoms with Crippen molar-refractivity contribution in [3.05, 3.63) is 0 Å². The molecule has 0 N–H and O–H groups in total. The third-order valence-electron chi connectivity index (χ3n) is 3.91. The Morgan fingerprint density at radius 3 is 2.38 bits per heavy atom. The van der Waals surface area contributed by atoms with Gasteiger partial charge in [-0.05, 0) is 20.3 Å². The summed E-state index contributed by atoms with van der Waals surface area (Å²) >= 11 is 0. The number of ether oxygens (including phenoxy) is 2. The van der Waals surface area contributed by atoms with Crippen LogP contribution in [0.5, 0.6) is 0 Å². The van der Waals surface area contributed by atoms with Crippen LogP contribution in [0.2, 0.25) is 0 Å². The highest BCUT2D eigenvalue weighted by Gasteiger charge is 2.82. The van der Waals surface area contributed by atoms with Crippen LogP contribution in [0, 0.1) is 11.3 Å². The van der Waals surface area contributed by atoms with E-state index in [9.17, 15) is 9.59 Å². The zero-order chi connectivity index (χ0) is 12.4. The Bertz CT molecular complexity index is 369. The Morgan fingerprint density at radius 1 is 1.38 bits per heavy atom. The van der Waals surface area contributed by atoms with Gasteiger partial charge >= 0.3 is 11.9 Å². The number of cyclic esters (lactones) is 1. The van der Waals surface area contributed by atoms with Gasteiger partial charge in [0.25, 0.3) is 0 Å². The molecule has 0 bridgehead atoms. The Kier molecular flexibility index (Phi) is 1.99. The van der Waals surface area contributed by atoms with Gasteiger partial charge < -0.3 is 9.47 Å². The molecule has 1 heterocycles. The molecule has 16 heavy (non-hydrogen) atoms. The maximum atomic E-state index is 12.0. The second-order valence-electron chi connectivity index (χ2n) is 5.96. The van der Waals surface area contributed by atoms with Crippen LogP contribution >= 0.6 is 0 Å². The lowest BCUT2D eigenvalue weighted by molar-refractivity contribution is -0.190. The molecule has 0 radical (unpaired) electrons. The molecule has 4 heteroatoms. The Hall–Kier alpha value is -1.06. The predicted octanol–water partition coefficient (Wildman–Crippen LogP) is 1.67. The third-order valence-corrected chi connectivity index (χ3v) is 3.91. The van der Waals surface area contributed by atoms with E-state index < -0.39 is 23.1 Å². The molecule has 2 unspecified atom stereocenters. The normalized spacial score (nSPS) is 38.3. The van der Waals surface area contributed by atoms with Crippen molar-refractivity contribution in [1.82, 2.24) is 0 Å². The molecule has 2 fully saturated rings. The van der Waals surface area contributed by atoms with Crippen molar-refractivity contribution in [1.29, 1.82) is 0 Å². The fourth-order valence-electron chi connectivity index (χ4n) is 2.96. The molecule has 4 nitrogen and oxygen atoms in total. The number of hydrogen-bond donors (Lipinski definition) is 0. The number of fused-ring (bicyclic) bond motifs is 1. The van der Waals surface area contributed by atoms with Gasteiger partial charge in [0.15, 0.2) is 0 Å². The molecule has 0 aromatic rings. The van der Waals surface area contributed by atoms with Crippen LogP contribution in [0.15, 0.2) is 0 Å². The fourth-order valence-corrected chi connectivity index (χ4v) is 2.96. The van der Waals surface area contributed by atoms with Crippen molar-refractivity contribution < 1.29 is 19.1 Å². The summed E-state index contributed by atoms with van der Waals surface area (Å²) in [6.07, 6.45) is 0.735. The average molecular weight is 226 g/mol. The van der Waals surface area contributed by atoms with Crippen molar-refractivity contribution in [3.8, 4) is 0 Å². The van der Waals surface area contributed by atoms with E-state index >= 15 is 0 Å². The van der Waals surface area contributed by atoms with Gasteiger partial charge in [0, 0.05) is 18.3 Å². The van der Waals surface area contributed by atoms with Crippen LogP contribution in [0.3, 0.4) is 0 Å². The Morgan fingerprint density at radius 2 is 1.94 bits per heavy atom. The van der Waals surface area contributed by atoms with Crippen LogP contribution in [0.1, 0.15) is 41.0 Å². The van der Waals surface area contributed by atoms with Crippen LogP contribution in [-0.4, -0.2) is 23.1 Å². The van der Waals surface area contributed by atoms with Crippen molar-refractivity contribution in [3.63, 3.8) is 0 Å². The van der Waals surface area contributed by atoms with E-state index in [1.165, 1.54) is 6.92 Å². The van der Waals surface area contributed by atoms with Crippen molar-refractivity contribution in [2.45, 2.75) is 52.2 Å². The minimum Gasteiger partial charge on any atom is -0.457 e. The maximum absolute atomic E-state index is 12.0. The first-order valence-corrected chi connectivity index (χ1v) is 5.56. The smallest absolute Gasteiger partial charge is 0.352 e. The molecule has 1 aliphatic heterocycles. The van der Waals surface area contributed by atoms with Crippen molar-refractivity contribution in [2.75, 3.05) is 0 Å². The molecular formula is C12H18O4. The summed E-state index contributed by atoms with van der Waals surface area (Å²) in [6.45, 7) is 8.99. The standard InChI is InChI=1S/C12H18O4/c1-7(13)15-12-8(11(12,4)5)6-10(2,3)16-9(12)14/h8H,6H2,1-5H3. The number of carbonyl (C=O) groups excluding carboxylic acids is 2. The minimum atomic E-state index is -1.03. The molecule has 0 spiro atoms. The van der Waals surface area contributed by atoms with E-state index in [0.717, 1.165) is 6.42 Å². The predicted molar refractivity (Wildman–Crippen MR) is 56.6 cm³/mol. The van der Waals surface area contributed by atoms with E-state index in [0.29, 0.717) is 0 Å². The first kappa shape index (κ1) is 11.4. The van der Waals surface area contributed by atoms with Gasteiger partial charge in [-0.25, -0.2) is 4.79 Å². The van der Waals surface area contributed by atoms with Gasteiger partial charge in [0.1, 0.15) is 5.60 Å². The lowest BCUT2D eigenvalue weighted by Crippen LogP contribution is -2.45. The van der Waals surface area contributed by atoms with Gasteiger partial charge in [0.05, 0.1) is 0 Å². The number of rotatable bonds is 1. The first-order chi connectivity index (χ1) is 7.13. The first-order valence-electron chi connectivity index (χ1n) is 5.56. The number of carbonyl (C=O) groups is 2. The van der Waals surface area contributed by atoms with E-state index in [-0.39, 0.29) is 11.3 Å². The largest absolute Gasteiger partial charge is 0.457 e. The van der Waals surface area contributed by atoms with Crippen LogP contribution in [-0.2, 0) is 19.1 Å². The minimum absolute atomic E-state index is 0.0696. The molecule has 1 aliphatic carbocycles. The molecule has 0 aromatic heterocycles.